The lowest BCUT2D eigenvalue weighted by Crippen LogP contribution is -2.46. The third-order valence-electron chi connectivity index (χ3n) is 3.46. The molecule has 1 aromatic carbocycles. The van der Waals surface area contributed by atoms with E-state index < -0.39 is 6.04 Å². The number of hydrogen-bond acceptors (Lipinski definition) is 3. The average molecular weight is 248 g/mol. The zero-order valence-electron chi connectivity index (χ0n) is 11.0. The van der Waals surface area contributed by atoms with E-state index >= 15 is 0 Å². The minimum absolute atomic E-state index is 0.0110. The molecule has 0 bridgehead atoms. The molecule has 0 radical (unpaired) electrons. The van der Waals surface area contributed by atoms with Gasteiger partial charge in [-0.3, -0.25) is 9.69 Å². The number of carbonyl (C=O) groups is 1. The van der Waals surface area contributed by atoms with Gasteiger partial charge in [-0.05, 0) is 38.1 Å². The molecule has 1 heterocycles. The van der Waals surface area contributed by atoms with Gasteiger partial charge >= 0.3 is 0 Å². The van der Waals surface area contributed by atoms with Crippen LogP contribution < -0.4 is 4.90 Å². The van der Waals surface area contributed by atoms with E-state index in [0.717, 1.165) is 24.2 Å². The van der Waals surface area contributed by atoms with Gasteiger partial charge in [-0.2, -0.15) is 0 Å². The van der Waals surface area contributed by atoms with Gasteiger partial charge in [0.2, 0.25) is 5.91 Å². The summed E-state index contributed by atoms with van der Waals surface area (Å²) in [5, 5.41) is 9.39. The quantitative estimate of drug-likeness (QED) is 0.850. The predicted molar refractivity (Wildman–Crippen MR) is 71.7 cm³/mol. The molecule has 1 aromatic rings. The van der Waals surface area contributed by atoms with Crippen LogP contribution in [-0.4, -0.2) is 48.7 Å². The lowest BCUT2D eigenvalue weighted by Gasteiger charge is -2.26. The molecule has 18 heavy (non-hydrogen) atoms. The van der Waals surface area contributed by atoms with Crippen LogP contribution in [0.2, 0.25) is 0 Å². The fourth-order valence-corrected chi connectivity index (χ4v) is 2.38. The molecule has 4 nitrogen and oxygen atoms in total. The van der Waals surface area contributed by atoms with Crippen molar-refractivity contribution in [3.63, 3.8) is 0 Å². The van der Waals surface area contributed by atoms with Gasteiger partial charge < -0.3 is 10.0 Å². The van der Waals surface area contributed by atoms with Gasteiger partial charge in [-0.15, -0.1) is 0 Å². The molecule has 0 saturated carbocycles. The molecular formula is C14H20N2O2. The first-order chi connectivity index (χ1) is 8.63. The van der Waals surface area contributed by atoms with Crippen LogP contribution in [0, 0.1) is 6.92 Å². The van der Waals surface area contributed by atoms with Crippen LogP contribution in [0.4, 0.5) is 5.69 Å². The van der Waals surface area contributed by atoms with Gasteiger partial charge in [-0.25, -0.2) is 0 Å². The fourth-order valence-electron chi connectivity index (χ4n) is 2.38. The highest BCUT2D eigenvalue weighted by atomic mass is 16.3. The van der Waals surface area contributed by atoms with Gasteiger partial charge in [0, 0.05) is 18.8 Å². The summed E-state index contributed by atoms with van der Waals surface area (Å²) in [4.78, 5) is 16.1. The smallest absolute Gasteiger partial charge is 0.246 e. The van der Waals surface area contributed by atoms with Gasteiger partial charge in [0.05, 0.1) is 6.61 Å². The molecule has 0 aliphatic carbocycles. The van der Waals surface area contributed by atoms with Crippen molar-refractivity contribution >= 4 is 11.6 Å². The van der Waals surface area contributed by atoms with E-state index in [-0.39, 0.29) is 12.5 Å². The molecular weight excluding hydrogens is 228 g/mol. The molecule has 1 aliphatic heterocycles. The SMILES string of the molecule is Cc1cccc(N2CCCN(C)C(CO)C2=O)c1. The topological polar surface area (TPSA) is 43.8 Å². The first-order valence-electron chi connectivity index (χ1n) is 6.32. The van der Waals surface area contributed by atoms with Gasteiger partial charge in [-0.1, -0.05) is 12.1 Å². The normalized spacial score (nSPS) is 22.1. The Morgan fingerprint density at radius 2 is 2.17 bits per heavy atom. The van der Waals surface area contributed by atoms with Crippen molar-refractivity contribution in [1.82, 2.24) is 4.90 Å². The number of likely N-dealkylation sites (N-methyl/N-ethyl adjacent to an activating group) is 1. The van der Waals surface area contributed by atoms with Crippen molar-refractivity contribution in [2.24, 2.45) is 0 Å². The van der Waals surface area contributed by atoms with Crippen molar-refractivity contribution in [1.29, 1.82) is 0 Å². The number of carbonyl (C=O) groups excluding carboxylic acids is 1. The molecule has 1 saturated heterocycles. The van der Waals surface area contributed by atoms with Crippen LogP contribution in [0.15, 0.2) is 24.3 Å². The summed E-state index contributed by atoms with van der Waals surface area (Å²) >= 11 is 0. The highest BCUT2D eigenvalue weighted by Crippen LogP contribution is 2.20. The monoisotopic (exact) mass is 248 g/mol. The molecule has 1 aliphatic rings. The zero-order chi connectivity index (χ0) is 13.1. The number of amides is 1. The summed E-state index contributed by atoms with van der Waals surface area (Å²) in [7, 11) is 1.89. The van der Waals surface area contributed by atoms with E-state index in [1.807, 2.05) is 43.1 Å². The van der Waals surface area contributed by atoms with E-state index in [1.54, 1.807) is 4.90 Å². The van der Waals surface area contributed by atoms with Gasteiger partial charge in [0.15, 0.2) is 0 Å². The molecule has 98 valence electrons. The Kier molecular flexibility index (Phi) is 3.99. The molecule has 2 rings (SSSR count). The van der Waals surface area contributed by atoms with E-state index in [9.17, 15) is 9.90 Å². The van der Waals surface area contributed by atoms with E-state index in [2.05, 4.69) is 0 Å². The van der Waals surface area contributed by atoms with Crippen molar-refractivity contribution in [3.05, 3.63) is 29.8 Å². The Morgan fingerprint density at radius 1 is 1.39 bits per heavy atom. The Bertz CT molecular complexity index is 434. The molecule has 0 spiro atoms. The molecule has 1 unspecified atom stereocenters. The lowest BCUT2D eigenvalue weighted by atomic mass is 10.2. The predicted octanol–water partition coefficient (Wildman–Crippen LogP) is 1.02. The second-order valence-corrected chi connectivity index (χ2v) is 4.86. The maximum Gasteiger partial charge on any atom is 0.246 e. The highest BCUT2D eigenvalue weighted by molar-refractivity contribution is 5.97. The number of rotatable bonds is 2. The minimum Gasteiger partial charge on any atom is -0.394 e. The summed E-state index contributed by atoms with van der Waals surface area (Å²) in [6.07, 6.45) is 0.923. The van der Waals surface area contributed by atoms with E-state index in [0.29, 0.717) is 6.54 Å². The number of aryl methyl sites for hydroxylation is 1. The Labute approximate surface area is 108 Å². The summed E-state index contributed by atoms with van der Waals surface area (Å²) in [5.41, 5.74) is 2.06. The van der Waals surface area contributed by atoms with Gasteiger partial charge in [0.25, 0.3) is 0 Å². The molecule has 1 atom stereocenters. The van der Waals surface area contributed by atoms with Crippen LogP contribution in [0.3, 0.4) is 0 Å². The third kappa shape index (κ3) is 2.54. The number of nitrogens with zero attached hydrogens (tertiary/aromatic N) is 2. The molecule has 0 aromatic heterocycles. The lowest BCUT2D eigenvalue weighted by molar-refractivity contribution is -0.123. The summed E-state index contributed by atoms with van der Waals surface area (Å²) < 4.78 is 0. The third-order valence-corrected chi connectivity index (χ3v) is 3.46. The fraction of sp³-hybridized carbons (Fsp3) is 0.500. The van der Waals surface area contributed by atoms with Crippen molar-refractivity contribution in [2.75, 3.05) is 31.6 Å². The number of anilines is 1. The second kappa shape index (κ2) is 5.50. The van der Waals surface area contributed by atoms with Crippen LogP contribution >= 0.6 is 0 Å². The summed E-state index contributed by atoms with van der Waals surface area (Å²) in [6.45, 7) is 3.43. The number of aliphatic hydroxyl groups is 1. The highest BCUT2D eigenvalue weighted by Gasteiger charge is 2.30. The number of benzene rings is 1. The van der Waals surface area contributed by atoms with E-state index in [1.165, 1.54) is 0 Å². The minimum atomic E-state index is -0.423. The molecule has 1 amide bonds. The first kappa shape index (κ1) is 13.1. The Balaban J connectivity index is 2.29. The van der Waals surface area contributed by atoms with E-state index in [4.69, 9.17) is 0 Å². The van der Waals surface area contributed by atoms with Crippen LogP contribution in [-0.2, 0) is 4.79 Å². The molecule has 1 fully saturated rings. The van der Waals surface area contributed by atoms with Gasteiger partial charge in [0.1, 0.15) is 6.04 Å². The number of aliphatic hydroxyl groups excluding tert-OH is 1. The average Bonchev–Trinajstić information content (AvgIpc) is 2.48. The molecule has 1 N–H and O–H groups in total. The second-order valence-electron chi connectivity index (χ2n) is 4.86. The van der Waals surface area contributed by atoms with Crippen molar-refractivity contribution < 1.29 is 9.90 Å². The summed E-state index contributed by atoms with van der Waals surface area (Å²) in [5.74, 6) is -0.0110. The summed E-state index contributed by atoms with van der Waals surface area (Å²) in [6, 6.07) is 7.51. The largest absolute Gasteiger partial charge is 0.394 e. The number of hydrogen-bond donors (Lipinski definition) is 1. The Hall–Kier alpha value is -1.39. The maximum absolute atomic E-state index is 12.4. The zero-order valence-corrected chi connectivity index (χ0v) is 11.0. The van der Waals surface area contributed by atoms with Crippen LogP contribution in [0.5, 0.6) is 0 Å². The van der Waals surface area contributed by atoms with Crippen molar-refractivity contribution in [2.45, 2.75) is 19.4 Å². The first-order valence-corrected chi connectivity index (χ1v) is 6.32. The van der Waals surface area contributed by atoms with Crippen molar-refractivity contribution in [3.8, 4) is 0 Å². The maximum atomic E-state index is 12.4. The standard InChI is InChI=1S/C14H20N2O2/c1-11-5-3-6-12(9-11)16-8-4-7-15(2)13(10-17)14(16)18/h3,5-6,9,13,17H,4,7-8,10H2,1-2H3. The molecule has 4 heteroatoms. The van der Waals surface area contributed by atoms with Crippen LogP contribution in [0.25, 0.3) is 0 Å². The van der Waals surface area contributed by atoms with Crippen LogP contribution in [0.1, 0.15) is 12.0 Å². The Morgan fingerprint density at radius 3 is 2.83 bits per heavy atom.